The number of hydrogen-bond donors (Lipinski definition) is 0. The van der Waals surface area contributed by atoms with Crippen molar-refractivity contribution in [1.29, 1.82) is 0 Å². The normalized spacial score (nSPS) is 12.1. The lowest BCUT2D eigenvalue weighted by Gasteiger charge is -2.23. The van der Waals surface area contributed by atoms with Gasteiger partial charge >= 0.3 is 0 Å². The van der Waals surface area contributed by atoms with Crippen LogP contribution in [-0.2, 0) is 6.42 Å². The predicted molar refractivity (Wildman–Crippen MR) is 79.0 cm³/mol. The van der Waals surface area contributed by atoms with E-state index in [-0.39, 0.29) is 4.75 Å². The minimum Gasteiger partial charge on any atom is -0.230 e. The highest BCUT2D eigenvalue weighted by molar-refractivity contribution is 8.77. The zero-order valence-electron chi connectivity index (χ0n) is 10.1. The van der Waals surface area contributed by atoms with Gasteiger partial charge in [0.25, 0.3) is 0 Å². The molecule has 0 fully saturated rings. The third-order valence-corrected chi connectivity index (χ3v) is 6.48. The Kier molecular flexibility index (Phi) is 6.41. The zero-order chi connectivity index (χ0) is 12.9. The molecule has 96 valence electrons. The number of alkyl halides is 2. The molecule has 17 heavy (non-hydrogen) atoms. The predicted octanol–water partition coefficient (Wildman–Crippen LogP) is 4.75. The van der Waals surface area contributed by atoms with Gasteiger partial charge < -0.3 is 0 Å². The van der Waals surface area contributed by atoms with Crippen LogP contribution >= 0.6 is 44.8 Å². The second-order valence-electron chi connectivity index (χ2n) is 4.15. The van der Waals surface area contributed by atoms with Crippen molar-refractivity contribution in [2.24, 2.45) is 0 Å². The summed E-state index contributed by atoms with van der Waals surface area (Å²) in [6, 6.07) is 1.95. The fraction of sp³-hybridized carbons (Fsp3) is 0.636. The van der Waals surface area contributed by atoms with E-state index in [4.69, 9.17) is 23.2 Å². The first-order valence-electron chi connectivity index (χ1n) is 5.41. The molecule has 1 aromatic rings. The number of halogens is 2. The highest BCUT2D eigenvalue weighted by Crippen LogP contribution is 2.43. The van der Waals surface area contributed by atoms with Crippen molar-refractivity contribution in [3.05, 3.63) is 18.0 Å². The number of rotatable bonds is 6. The first kappa shape index (κ1) is 15.4. The van der Waals surface area contributed by atoms with Gasteiger partial charge in [0.2, 0.25) is 0 Å². The van der Waals surface area contributed by atoms with Crippen LogP contribution in [0.5, 0.6) is 0 Å². The van der Waals surface area contributed by atoms with Crippen LogP contribution in [0.3, 0.4) is 0 Å². The molecule has 0 saturated carbocycles. The molecule has 1 aromatic heterocycles. The smallest absolute Gasteiger partial charge is 0.198 e. The Morgan fingerprint density at radius 1 is 1.41 bits per heavy atom. The van der Waals surface area contributed by atoms with Gasteiger partial charge in [-0.25, -0.2) is 9.97 Å². The van der Waals surface area contributed by atoms with Gasteiger partial charge in [-0.15, -0.1) is 23.2 Å². The molecule has 0 N–H and O–H groups in total. The summed E-state index contributed by atoms with van der Waals surface area (Å²) in [5.41, 5.74) is 1.08. The summed E-state index contributed by atoms with van der Waals surface area (Å²) in [6.45, 7) is 6.15. The fourth-order valence-electron chi connectivity index (χ4n) is 0.993. The van der Waals surface area contributed by atoms with Gasteiger partial charge in [0.05, 0.1) is 4.75 Å². The van der Waals surface area contributed by atoms with Gasteiger partial charge in [-0.1, -0.05) is 24.1 Å². The van der Waals surface area contributed by atoms with Crippen LogP contribution in [0.4, 0.5) is 0 Å². The molecule has 0 aliphatic carbocycles. The van der Waals surface area contributed by atoms with Crippen molar-refractivity contribution in [3.63, 3.8) is 0 Å². The maximum Gasteiger partial charge on any atom is 0.198 e. The van der Waals surface area contributed by atoms with Gasteiger partial charge in [0, 0.05) is 11.9 Å². The van der Waals surface area contributed by atoms with E-state index < -0.39 is 4.84 Å². The highest BCUT2D eigenvalue weighted by Gasteiger charge is 2.27. The van der Waals surface area contributed by atoms with Gasteiger partial charge in [-0.05, 0) is 37.1 Å². The largest absolute Gasteiger partial charge is 0.230 e. The van der Waals surface area contributed by atoms with E-state index in [2.05, 4.69) is 16.9 Å². The van der Waals surface area contributed by atoms with Crippen molar-refractivity contribution in [1.82, 2.24) is 9.97 Å². The first-order valence-corrected chi connectivity index (χ1v) is 8.43. The SMILES string of the molecule is CCCc1ccnc(SSC(C)(C)C(Cl)Cl)n1. The Balaban J connectivity index is 2.60. The zero-order valence-corrected chi connectivity index (χ0v) is 13.3. The van der Waals surface area contributed by atoms with Gasteiger partial charge in [0.15, 0.2) is 5.16 Å². The highest BCUT2D eigenvalue weighted by atomic mass is 35.5. The third-order valence-electron chi connectivity index (χ3n) is 2.05. The summed E-state index contributed by atoms with van der Waals surface area (Å²) in [7, 11) is 3.12. The molecule has 6 heteroatoms. The van der Waals surface area contributed by atoms with E-state index in [0.29, 0.717) is 0 Å². The molecule has 0 aliphatic heterocycles. The standard InChI is InChI=1S/C11H16Cl2N2S2/c1-4-5-8-6-7-14-10(15-8)16-17-11(2,3)9(12)13/h6-7,9H,4-5H2,1-3H3. The summed E-state index contributed by atoms with van der Waals surface area (Å²) in [5.74, 6) is 0. The molecule has 1 rings (SSSR count). The van der Waals surface area contributed by atoms with Crippen LogP contribution in [-0.4, -0.2) is 19.6 Å². The lowest BCUT2D eigenvalue weighted by molar-refractivity contribution is 0.779. The topological polar surface area (TPSA) is 25.8 Å². The molecular formula is C11H16Cl2N2S2. The van der Waals surface area contributed by atoms with E-state index >= 15 is 0 Å². The summed E-state index contributed by atoms with van der Waals surface area (Å²) < 4.78 is -0.224. The van der Waals surface area contributed by atoms with Crippen molar-refractivity contribution >= 4 is 44.8 Å². The first-order chi connectivity index (χ1) is 7.95. The van der Waals surface area contributed by atoms with Crippen LogP contribution in [0, 0.1) is 0 Å². The lowest BCUT2D eigenvalue weighted by atomic mass is 10.2. The molecule has 0 saturated heterocycles. The molecule has 2 nitrogen and oxygen atoms in total. The van der Waals surface area contributed by atoms with Crippen molar-refractivity contribution in [3.8, 4) is 0 Å². The van der Waals surface area contributed by atoms with Crippen LogP contribution in [0.1, 0.15) is 32.9 Å². The Bertz CT molecular complexity index is 359. The number of hydrogen-bond acceptors (Lipinski definition) is 4. The Hall–Kier alpha value is 0.360. The molecule has 0 bridgehead atoms. The Morgan fingerprint density at radius 3 is 2.71 bits per heavy atom. The molecular weight excluding hydrogens is 295 g/mol. The number of nitrogens with zero attached hydrogens (tertiary/aromatic N) is 2. The summed E-state index contributed by atoms with van der Waals surface area (Å²) in [6.07, 6.45) is 3.87. The minimum absolute atomic E-state index is 0.224. The Labute approximate surface area is 121 Å². The van der Waals surface area contributed by atoms with Gasteiger partial charge in [-0.2, -0.15) is 0 Å². The maximum atomic E-state index is 5.91. The van der Waals surface area contributed by atoms with Crippen LogP contribution < -0.4 is 0 Å². The third kappa shape index (κ3) is 5.25. The fourth-order valence-corrected chi connectivity index (χ4v) is 3.59. The van der Waals surface area contributed by atoms with E-state index in [1.165, 1.54) is 10.8 Å². The summed E-state index contributed by atoms with van der Waals surface area (Å²) in [4.78, 5) is 8.28. The second kappa shape index (κ2) is 7.07. The average molecular weight is 311 g/mol. The molecule has 0 atom stereocenters. The molecule has 0 aliphatic rings. The minimum atomic E-state index is -0.418. The lowest BCUT2D eigenvalue weighted by Crippen LogP contribution is -2.22. The maximum absolute atomic E-state index is 5.91. The van der Waals surface area contributed by atoms with E-state index in [1.54, 1.807) is 17.0 Å². The summed E-state index contributed by atoms with van der Waals surface area (Å²) in [5, 5.41) is 0.767. The molecule has 0 aromatic carbocycles. The molecule has 0 spiro atoms. The van der Waals surface area contributed by atoms with E-state index in [1.807, 2.05) is 19.9 Å². The van der Waals surface area contributed by atoms with E-state index in [0.717, 1.165) is 23.7 Å². The van der Waals surface area contributed by atoms with Crippen molar-refractivity contribution in [2.75, 3.05) is 0 Å². The molecule has 0 radical (unpaired) electrons. The second-order valence-corrected chi connectivity index (χ2v) is 8.00. The molecule has 0 unspecified atom stereocenters. The quantitative estimate of drug-likeness (QED) is 0.430. The van der Waals surface area contributed by atoms with E-state index in [9.17, 15) is 0 Å². The average Bonchev–Trinajstić information content (AvgIpc) is 2.27. The molecule has 1 heterocycles. The van der Waals surface area contributed by atoms with Crippen LogP contribution in [0.15, 0.2) is 17.4 Å². The molecule has 0 amide bonds. The van der Waals surface area contributed by atoms with Crippen LogP contribution in [0.25, 0.3) is 0 Å². The summed E-state index contributed by atoms with van der Waals surface area (Å²) >= 11 is 11.8. The monoisotopic (exact) mass is 310 g/mol. The van der Waals surface area contributed by atoms with Gasteiger partial charge in [-0.3, -0.25) is 0 Å². The van der Waals surface area contributed by atoms with Gasteiger partial charge in [0.1, 0.15) is 4.84 Å². The van der Waals surface area contributed by atoms with Crippen LogP contribution in [0.2, 0.25) is 0 Å². The van der Waals surface area contributed by atoms with Crippen molar-refractivity contribution < 1.29 is 0 Å². The van der Waals surface area contributed by atoms with Crippen molar-refractivity contribution in [2.45, 2.75) is 48.4 Å². The number of aryl methyl sites for hydroxylation is 1. The Morgan fingerprint density at radius 2 is 2.12 bits per heavy atom. The number of aromatic nitrogens is 2.